The molecule has 0 saturated heterocycles. The van der Waals surface area contributed by atoms with E-state index in [1.165, 1.54) is 68.0 Å². The van der Waals surface area contributed by atoms with Crippen molar-refractivity contribution in [1.29, 1.82) is 0 Å². The van der Waals surface area contributed by atoms with Crippen LogP contribution < -0.4 is 73.4 Å². The van der Waals surface area contributed by atoms with Gasteiger partial charge in [-0.2, -0.15) is 0 Å². The van der Waals surface area contributed by atoms with Crippen LogP contribution in [0.25, 0.3) is 33.8 Å². The summed E-state index contributed by atoms with van der Waals surface area (Å²) in [6.45, 7) is 6.18. The van der Waals surface area contributed by atoms with Gasteiger partial charge in [0.25, 0.3) is 5.13 Å². The summed E-state index contributed by atoms with van der Waals surface area (Å²) in [7, 11) is -6.68. The number of nitrogens with two attached hydrogens (primary N) is 6. The molecule has 0 fully saturated rings. The monoisotopic (exact) mass is 1730 g/mol. The van der Waals surface area contributed by atoms with Crippen molar-refractivity contribution >= 4 is 235 Å². The van der Waals surface area contributed by atoms with E-state index in [4.69, 9.17) is 33.0 Å². The SMILES string of the molecule is C.C.C.CCSc1nnc(N)s1.CCSc1nnc(N)s1.CCSc1nnc(N=Nc2sc(NS(C)(=O)=O)nc2-c2ccccc2)s1.CS(=O)(=O)Nc1nc(-c2ccccc2)cs1.F.NC(N)=S.Nc1n[nH]c(=S)s1.Nc1nc(-c2ccccc2)cs1.O=C(CBr)c1ccccc1.O=N[O-].[B].[Na+]. The first-order valence-corrected chi connectivity index (χ1v) is 40.9. The number of hydrogen-bond acceptors (Lipinski definition) is 36. The molecule has 4 aromatic carbocycles. The first-order chi connectivity index (χ1) is 45.8. The van der Waals surface area contributed by atoms with Gasteiger partial charge in [0.15, 0.2) is 48.3 Å². The fraction of sp³-hybridized carbons (Fsp3) is 0.218. The Bertz CT molecular complexity index is 4310. The maximum absolute atomic E-state index is 11.5. The van der Waals surface area contributed by atoms with Crippen LogP contribution in [0.2, 0.25) is 0 Å². The number of nitrogens with one attached hydrogen (secondary N) is 3. The van der Waals surface area contributed by atoms with Crippen LogP contribution in [0.4, 0.5) is 45.6 Å². The second-order valence-corrected chi connectivity index (χ2v) is 33.1. The molecule has 0 saturated carbocycles. The molecule has 0 amide bonds. The summed E-state index contributed by atoms with van der Waals surface area (Å²) in [6, 6.07) is 38.2. The molecule has 7 heterocycles. The molecule has 15 N–H and O–H groups in total. The largest absolute Gasteiger partial charge is 1.00 e. The third kappa shape index (κ3) is 45.1. The Labute approximate surface area is 675 Å². The topological polar surface area (TPSA) is 487 Å². The molecular formula is C55H73BBrFN22NaO7S14. The number of halogens is 2. The Kier molecular flexibility index (Phi) is 57.3. The fourth-order valence-corrected chi connectivity index (χ4v) is 15.3. The van der Waals surface area contributed by atoms with Crippen molar-refractivity contribution in [2.24, 2.45) is 27.0 Å². The minimum Gasteiger partial charge on any atom is -0.444 e. The number of alkyl halides is 1. The third-order valence-electron chi connectivity index (χ3n) is 9.31. The normalized spacial score (nSPS) is 9.63. The number of Topliss-reactive ketones (excluding diaryl/α,β-unsaturated/α-hetero) is 1. The molecule has 7 aromatic heterocycles. The molecule has 547 valence electrons. The number of nitrogen functional groups attached to an aromatic ring is 4. The number of hydrogen-bond donors (Lipinski definition) is 9. The summed E-state index contributed by atoms with van der Waals surface area (Å²) in [5, 5.41) is 54.3. The Hall–Kier alpha value is -6.19. The number of ketones is 1. The van der Waals surface area contributed by atoms with Crippen molar-refractivity contribution in [3.05, 3.63) is 152 Å². The minimum atomic E-state index is -3.43. The van der Waals surface area contributed by atoms with Gasteiger partial charge < -0.3 is 44.5 Å². The van der Waals surface area contributed by atoms with Crippen molar-refractivity contribution in [2.75, 3.05) is 67.5 Å². The van der Waals surface area contributed by atoms with E-state index in [1.54, 1.807) is 35.3 Å². The van der Waals surface area contributed by atoms with Crippen LogP contribution >= 0.6 is 155 Å². The van der Waals surface area contributed by atoms with E-state index in [-0.39, 0.29) is 81.0 Å². The quantitative estimate of drug-likeness (QED) is 0.00597. The van der Waals surface area contributed by atoms with Crippen LogP contribution in [0.1, 0.15) is 53.4 Å². The molecule has 11 rings (SSSR count). The Morgan fingerprint density at radius 1 is 0.588 bits per heavy atom. The Morgan fingerprint density at radius 3 is 1.35 bits per heavy atom. The van der Waals surface area contributed by atoms with Gasteiger partial charge in [0.1, 0.15) is 5.69 Å². The standard InChI is InChI=1S/C14H14N6O2S4.C10H10N2O2S2.C9H8N2S.C8H7BrO.2C4H7N3S2.C2H3N3S2.CH4N2S.3CH4.B.FH.HNO2.Na/c1-3-23-14-19-18-13(25-14)17-16-11-10(9-7-5-4-6-8-9)15-12(24-11)20-26(2,21)22;1-16(13,14)12-10-11-9(7-15-10)8-5-3-2-4-6-8;10-9-11-8(6-12-9)7-4-2-1-3-5-7;9-6-8(10)7-4-2-1-3-5-7;2*1-2-8-4-7-6-3(5)9-4;3-1-4-5-2(6)7-1;2-1(3)4;;;;;;2-1-3;/h4-8H,3H2,1-2H3,(H,15,20);2-7H,1H3,(H,11,12);1-6H,(H2,10,11);1-5H,6H2;2*2H2,1H3,(H2,5,6);(H2,3,4)(H,5,6);(H4,2,3,4);3*1H4;;1H;(H,2,3);/q;;;;;;;;;;;;;;+1/p-1. The number of anilines is 6. The molecular weight excluding hydrogens is 1660 g/mol. The van der Waals surface area contributed by atoms with E-state index in [2.05, 4.69) is 141 Å². The van der Waals surface area contributed by atoms with Gasteiger partial charge in [0.05, 0.1) is 29.2 Å². The number of aromatic nitrogens is 11. The van der Waals surface area contributed by atoms with Gasteiger partial charge in [0, 0.05) is 41.4 Å². The van der Waals surface area contributed by atoms with E-state index in [9.17, 15) is 21.6 Å². The zero-order chi connectivity index (χ0) is 70.9. The molecule has 102 heavy (non-hydrogen) atoms. The van der Waals surface area contributed by atoms with Crippen LogP contribution in [-0.2, 0) is 20.0 Å². The predicted molar refractivity (Wildman–Crippen MR) is 441 cm³/mol. The molecule has 0 aliphatic rings. The smallest absolute Gasteiger partial charge is 0.444 e. The number of azo groups is 1. The zero-order valence-electron chi connectivity index (χ0n) is 52.7. The summed E-state index contributed by atoms with van der Waals surface area (Å²) < 4.78 is 53.1. The molecule has 0 spiro atoms. The predicted octanol–water partition coefficient (Wildman–Crippen LogP) is 12.8. The number of nitrogens with zero attached hydrogens (tertiary/aromatic N) is 13. The third-order valence-corrected chi connectivity index (χ3v) is 19.8. The van der Waals surface area contributed by atoms with Crippen molar-refractivity contribution in [2.45, 2.75) is 56.1 Å². The van der Waals surface area contributed by atoms with Gasteiger partial charge in [-0.15, -0.1) is 73.9 Å². The summed E-state index contributed by atoms with van der Waals surface area (Å²) in [5.41, 5.74) is 36.6. The van der Waals surface area contributed by atoms with Gasteiger partial charge in [-0.05, 0) is 41.7 Å². The van der Waals surface area contributed by atoms with E-state index in [1.807, 2.05) is 139 Å². The zero-order valence-corrected chi connectivity index (χ0v) is 67.8. The summed E-state index contributed by atoms with van der Waals surface area (Å²) in [6.07, 6.45) is 2.18. The number of carbonyl (C=O) groups is 1. The Balaban J connectivity index is -0.000000557. The average molecular weight is 1740 g/mol. The first kappa shape index (κ1) is 102. The number of carbonyl (C=O) groups excluding carboxylic acids is 1. The first-order valence-electron chi connectivity index (χ1n) is 26.3. The maximum atomic E-state index is 11.5. The maximum Gasteiger partial charge on any atom is 1.00 e. The van der Waals surface area contributed by atoms with Gasteiger partial charge >= 0.3 is 29.6 Å². The van der Waals surface area contributed by atoms with Crippen LogP contribution in [0.5, 0.6) is 0 Å². The van der Waals surface area contributed by atoms with E-state index in [0.29, 0.717) is 50.8 Å². The molecule has 11 aromatic rings. The molecule has 0 atom stereocenters. The molecule has 0 bridgehead atoms. The second kappa shape index (κ2) is 57.2. The van der Waals surface area contributed by atoms with Crippen LogP contribution in [0, 0.1) is 14.1 Å². The van der Waals surface area contributed by atoms with Crippen molar-refractivity contribution in [1.82, 2.24) is 55.7 Å². The number of thiazole rings is 3. The van der Waals surface area contributed by atoms with Gasteiger partial charge in [0.2, 0.25) is 35.4 Å². The van der Waals surface area contributed by atoms with Crippen LogP contribution in [0.15, 0.2) is 161 Å². The number of rotatable bonds is 17. The number of sulfonamides is 2. The molecule has 47 heteroatoms. The van der Waals surface area contributed by atoms with Crippen molar-refractivity contribution in [3.63, 3.8) is 0 Å². The minimum absolute atomic E-state index is 0. The second-order valence-electron chi connectivity index (χ2n) is 16.6. The molecule has 29 nitrogen and oxygen atoms in total. The molecule has 0 aliphatic heterocycles. The Morgan fingerprint density at radius 2 is 0.990 bits per heavy atom. The van der Waals surface area contributed by atoms with Crippen molar-refractivity contribution < 1.29 is 55.9 Å². The van der Waals surface area contributed by atoms with E-state index >= 15 is 0 Å². The summed E-state index contributed by atoms with van der Waals surface area (Å²) >= 11 is 26.1. The molecule has 0 aliphatic carbocycles. The number of thioether (sulfide) groups is 3. The number of H-pyrrole nitrogens is 1. The van der Waals surface area contributed by atoms with E-state index < -0.39 is 20.0 Å². The number of benzene rings is 4. The number of aromatic amines is 1. The van der Waals surface area contributed by atoms with Gasteiger partial charge in [-0.25, -0.2) is 31.8 Å². The van der Waals surface area contributed by atoms with Crippen molar-refractivity contribution in [3.8, 4) is 33.8 Å². The average Bonchev–Trinajstić information content (AvgIpc) is 1.68. The fourth-order valence-electron chi connectivity index (χ4n) is 5.88. The van der Waals surface area contributed by atoms with Gasteiger partial charge in [-0.3, -0.25) is 24.0 Å². The summed E-state index contributed by atoms with van der Waals surface area (Å²) in [4.78, 5) is 31.7. The number of thiocarbonyl (C=S) groups is 1. The van der Waals surface area contributed by atoms with E-state index in [0.717, 1.165) is 93.1 Å². The summed E-state index contributed by atoms with van der Waals surface area (Å²) in [5.74, 6) is 3.07. The van der Waals surface area contributed by atoms with Crippen LogP contribution in [0.3, 0.4) is 0 Å². The van der Waals surface area contributed by atoms with Gasteiger partial charge in [-0.1, -0.05) is 272 Å². The molecule has 3 radical (unpaired) electrons. The molecule has 0 unspecified atom stereocenters. The van der Waals surface area contributed by atoms with Crippen LogP contribution in [-0.4, -0.2) is 127 Å².